The molecular formula is C14H16N2. The second-order valence-electron chi connectivity index (χ2n) is 4.38. The van der Waals surface area contributed by atoms with Crippen LogP contribution in [0.3, 0.4) is 0 Å². The first-order chi connectivity index (χ1) is 7.92. The van der Waals surface area contributed by atoms with Crippen LogP contribution in [0.25, 0.3) is 0 Å². The van der Waals surface area contributed by atoms with Crippen LogP contribution in [0.5, 0.6) is 0 Å². The van der Waals surface area contributed by atoms with Gasteiger partial charge in [-0.2, -0.15) is 0 Å². The molecule has 0 bridgehead atoms. The largest absolute Gasteiger partial charge is 0.322 e. The van der Waals surface area contributed by atoms with E-state index < -0.39 is 0 Å². The highest BCUT2D eigenvalue weighted by molar-refractivity contribution is 5.35. The molecular weight excluding hydrogens is 196 g/mol. The molecule has 0 unspecified atom stereocenters. The van der Waals surface area contributed by atoms with Gasteiger partial charge in [-0.15, -0.1) is 0 Å². The van der Waals surface area contributed by atoms with Crippen molar-refractivity contribution >= 4 is 0 Å². The minimum atomic E-state index is 0.891. The van der Waals surface area contributed by atoms with Crippen LogP contribution < -0.4 is 5.43 Å². The lowest BCUT2D eigenvalue weighted by Gasteiger charge is -2.09. The van der Waals surface area contributed by atoms with Crippen LogP contribution in [0.1, 0.15) is 23.1 Å². The van der Waals surface area contributed by atoms with Crippen molar-refractivity contribution in [1.29, 1.82) is 0 Å². The lowest BCUT2D eigenvalue weighted by Crippen LogP contribution is -2.11. The molecule has 2 nitrogen and oxygen atoms in total. The number of fused-ring (bicyclic) bond motifs is 1. The van der Waals surface area contributed by atoms with Gasteiger partial charge in [-0.3, -0.25) is 4.68 Å². The van der Waals surface area contributed by atoms with Gasteiger partial charge in [0.1, 0.15) is 0 Å². The number of benzene rings is 1. The van der Waals surface area contributed by atoms with E-state index in [0.29, 0.717) is 0 Å². The van der Waals surface area contributed by atoms with Crippen LogP contribution in [-0.4, -0.2) is 4.68 Å². The summed E-state index contributed by atoms with van der Waals surface area (Å²) < 4.78 is 1.99. The number of nitrogens with zero attached hydrogens (tertiary/aromatic N) is 1. The van der Waals surface area contributed by atoms with Gasteiger partial charge in [-0.25, -0.2) is 0 Å². The van der Waals surface area contributed by atoms with E-state index >= 15 is 0 Å². The van der Waals surface area contributed by atoms with Crippen molar-refractivity contribution in [1.82, 2.24) is 4.68 Å². The predicted octanol–water partition coefficient (Wildman–Crippen LogP) is 2.72. The molecule has 0 saturated carbocycles. The summed E-state index contributed by atoms with van der Waals surface area (Å²) in [5.74, 6) is 0. The van der Waals surface area contributed by atoms with E-state index in [4.69, 9.17) is 0 Å². The Kier molecular flexibility index (Phi) is 2.41. The molecule has 1 aliphatic carbocycles. The van der Waals surface area contributed by atoms with Gasteiger partial charge >= 0.3 is 0 Å². The predicted molar refractivity (Wildman–Crippen MR) is 66.0 cm³/mol. The van der Waals surface area contributed by atoms with E-state index in [1.54, 1.807) is 11.1 Å². The molecule has 0 aliphatic heterocycles. The molecule has 1 N–H and O–H groups in total. The first-order valence-corrected chi connectivity index (χ1v) is 5.89. The summed E-state index contributed by atoms with van der Waals surface area (Å²) >= 11 is 0. The second kappa shape index (κ2) is 4.05. The SMILES string of the molecule is c1ccn(NCc2ccc3c(c2)CCC3)c1. The van der Waals surface area contributed by atoms with Crippen LogP contribution >= 0.6 is 0 Å². The van der Waals surface area contributed by atoms with Crippen molar-refractivity contribution in [3.63, 3.8) is 0 Å². The Balaban J connectivity index is 1.71. The topological polar surface area (TPSA) is 17.0 Å². The summed E-state index contributed by atoms with van der Waals surface area (Å²) in [5, 5.41) is 0. The van der Waals surface area contributed by atoms with E-state index in [0.717, 1.165) is 6.54 Å². The molecule has 3 rings (SSSR count). The number of aryl methyl sites for hydroxylation is 2. The van der Waals surface area contributed by atoms with Gasteiger partial charge in [-0.05, 0) is 48.1 Å². The van der Waals surface area contributed by atoms with Crippen LogP contribution in [0, 0.1) is 0 Å². The van der Waals surface area contributed by atoms with E-state index in [9.17, 15) is 0 Å². The Morgan fingerprint density at radius 1 is 1.06 bits per heavy atom. The lowest BCUT2D eigenvalue weighted by atomic mass is 10.1. The molecule has 0 saturated heterocycles. The first kappa shape index (κ1) is 9.52. The minimum Gasteiger partial charge on any atom is -0.322 e. The zero-order valence-electron chi connectivity index (χ0n) is 9.32. The summed E-state index contributed by atoms with van der Waals surface area (Å²) in [6, 6.07) is 10.9. The Hall–Kier alpha value is -1.70. The molecule has 2 heteroatoms. The summed E-state index contributed by atoms with van der Waals surface area (Å²) in [6.45, 7) is 0.891. The maximum atomic E-state index is 3.35. The maximum absolute atomic E-state index is 3.35. The van der Waals surface area contributed by atoms with E-state index in [-0.39, 0.29) is 0 Å². The summed E-state index contributed by atoms with van der Waals surface area (Å²) in [7, 11) is 0. The lowest BCUT2D eigenvalue weighted by molar-refractivity contribution is 0.846. The molecule has 1 heterocycles. The molecule has 82 valence electrons. The third-order valence-electron chi connectivity index (χ3n) is 3.23. The molecule has 1 aliphatic rings. The maximum Gasteiger partial charge on any atom is 0.0564 e. The van der Waals surface area contributed by atoms with E-state index in [1.165, 1.54) is 24.8 Å². The third kappa shape index (κ3) is 1.83. The normalized spacial score (nSPS) is 13.8. The molecule has 0 atom stereocenters. The highest BCUT2D eigenvalue weighted by Crippen LogP contribution is 2.22. The minimum absolute atomic E-state index is 0.891. The second-order valence-corrected chi connectivity index (χ2v) is 4.38. The first-order valence-electron chi connectivity index (χ1n) is 5.89. The number of hydrogen-bond acceptors (Lipinski definition) is 1. The smallest absolute Gasteiger partial charge is 0.0564 e. The summed E-state index contributed by atoms with van der Waals surface area (Å²) in [4.78, 5) is 0. The van der Waals surface area contributed by atoms with Gasteiger partial charge in [-0.1, -0.05) is 18.2 Å². The summed E-state index contributed by atoms with van der Waals surface area (Å²) in [6.07, 6.45) is 7.89. The highest BCUT2D eigenvalue weighted by atomic mass is 15.4. The Labute approximate surface area is 95.9 Å². The molecule has 1 aromatic heterocycles. The molecule has 1 aromatic carbocycles. The van der Waals surface area contributed by atoms with Crippen LogP contribution in [0.2, 0.25) is 0 Å². The molecule has 16 heavy (non-hydrogen) atoms. The number of rotatable bonds is 3. The van der Waals surface area contributed by atoms with Crippen molar-refractivity contribution in [2.45, 2.75) is 25.8 Å². The monoisotopic (exact) mass is 212 g/mol. The number of hydrogen-bond donors (Lipinski definition) is 1. The van der Waals surface area contributed by atoms with Crippen molar-refractivity contribution < 1.29 is 0 Å². The van der Waals surface area contributed by atoms with E-state index in [1.807, 2.05) is 29.2 Å². The fraction of sp³-hybridized carbons (Fsp3) is 0.286. The Bertz CT molecular complexity index is 471. The van der Waals surface area contributed by atoms with Crippen molar-refractivity contribution in [3.8, 4) is 0 Å². The Morgan fingerprint density at radius 3 is 2.75 bits per heavy atom. The van der Waals surface area contributed by atoms with Gasteiger partial charge in [0.2, 0.25) is 0 Å². The third-order valence-corrected chi connectivity index (χ3v) is 3.23. The zero-order valence-corrected chi connectivity index (χ0v) is 9.32. The van der Waals surface area contributed by atoms with Crippen molar-refractivity contribution in [2.75, 3.05) is 5.43 Å². The summed E-state index contributed by atoms with van der Waals surface area (Å²) in [5.41, 5.74) is 7.81. The van der Waals surface area contributed by atoms with Crippen molar-refractivity contribution in [2.24, 2.45) is 0 Å². The van der Waals surface area contributed by atoms with Crippen LogP contribution in [0.15, 0.2) is 42.7 Å². The number of aromatic nitrogens is 1. The van der Waals surface area contributed by atoms with Gasteiger partial charge in [0.25, 0.3) is 0 Å². The standard InChI is InChI=1S/C14H16N2/c1-2-9-16(8-1)15-11-12-6-7-13-4-3-5-14(13)10-12/h1-2,6-10,15H,3-5,11H2. The molecule has 0 spiro atoms. The van der Waals surface area contributed by atoms with Gasteiger partial charge in [0.15, 0.2) is 0 Å². The van der Waals surface area contributed by atoms with E-state index in [2.05, 4.69) is 23.6 Å². The van der Waals surface area contributed by atoms with Crippen LogP contribution in [0.4, 0.5) is 0 Å². The highest BCUT2D eigenvalue weighted by Gasteiger charge is 2.10. The fourth-order valence-electron chi connectivity index (χ4n) is 2.36. The van der Waals surface area contributed by atoms with Gasteiger partial charge in [0, 0.05) is 12.4 Å². The van der Waals surface area contributed by atoms with Gasteiger partial charge in [0.05, 0.1) is 6.54 Å². The average Bonchev–Trinajstić information content (AvgIpc) is 2.97. The number of nitrogens with one attached hydrogen (secondary N) is 1. The van der Waals surface area contributed by atoms with Gasteiger partial charge < -0.3 is 5.43 Å². The van der Waals surface area contributed by atoms with Crippen molar-refractivity contribution in [3.05, 3.63) is 59.4 Å². The fourth-order valence-corrected chi connectivity index (χ4v) is 2.36. The Morgan fingerprint density at radius 2 is 1.88 bits per heavy atom. The molecule has 0 radical (unpaired) electrons. The quantitative estimate of drug-likeness (QED) is 0.827. The molecule has 2 aromatic rings. The van der Waals surface area contributed by atoms with Crippen LogP contribution in [-0.2, 0) is 19.4 Å². The molecule has 0 amide bonds. The zero-order chi connectivity index (χ0) is 10.8. The average molecular weight is 212 g/mol. The molecule has 0 fully saturated rings.